The minimum Gasteiger partial charge on any atom is -0.326 e. The molecule has 3 aromatic rings. The number of rotatable bonds is 3. The lowest BCUT2D eigenvalue weighted by atomic mass is 9.93. The molecule has 0 bridgehead atoms. The molecular weight excluding hydrogens is 362 g/mol. The average molecular weight is 375 g/mol. The van der Waals surface area contributed by atoms with E-state index in [1.807, 2.05) is 0 Å². The highest BCUT2D eigenvalue weighted by Gasteiger charge is 2.35. The molecule has 0 spiro atoms. The number of benzene rings is 3. The number of amides is 3. The molecule has 3 aromatic carbocycles. The fraction of sp³-hybridized carbons (Fsp3) is 0.0500. The Hall–Kier alpha value is -4.07. The van der Waals surface area contributed by atoms with E-state index in [0.29, 0.717) is 16.5 Å². The van der Waals surface area contributed by atoms with Crippen LogP contribution in [0.5, 0.6) is 0 Å². The van der Waals surface area contributed by atoms with Crippen LogP contribution in [0.4, 0.5) is 17.1 Å². The van der Waals surface area contributed by atoms with E-state index >= 15 is 0 Å². The first-order valence-corrected chi connectivity index (χ1v) is 8.34. The van der Waals surface area contributed by atoms with Crippen molar-refractivity contribution in [2.45, 2.75) is 6.92 Å². The van der Waals surface area contributed by atoms with E-state index in [1.165, 1.54) is 25.1 Å². The molecule has 0 fully saturated rings. The lowest BCUT2D eigenvalue weighted by Gasteiger charge is -2.27. The number of nitro groups is 1. The standard InChI is InChI=1S/C20H13N3O5/c1-11(24)21-13-5-3-6-14(9-13)22-19(25)16-7-2-4-12-8-15(23(27)28)10-17(18(12)16)20(22)26/h2-10H,1H3,(H,21,24). The smallest absolute Gasteiger partial charge is 0.270 e. The first kappa shape index (κ1) is 17.3. The molecule has 4 rings (SSSR count). The third-order valence-electron chi connectivity index (χ3n) is 4.46. The molecule has 1 heterocycles. The van der Waals surface area contributed by atoms with Crippen LogP contribution in [0, 0.1) is 10.1 Å². The third kappa shape index (κ3) is 2.67. The SMILES string of the molecule is CC(=O)Nc1cccc(N2C(=O)c3cccc4cc([N+](=O)[O-])cc(c34)C2=O)c1. The Morgan fingerprint density at radius 3 is 2.43 bits per heavy atom. The molecule has 0 unspecified atom stereocenters. The van der Waals surface area contributed by atoms with E-state index in [2.05, 4.69) is 5.32 Å². The van der Waals surface area contributed by atoms with Crippen molar-refractivity contribution in [3.8, 4) is 0 Å². The van der Waals surface area contributed by atoms with E-state index in [9.17, 15) is 24.5 Å². The number of non-ortho nitro benzene ring substituents is 1. The van der Waals surface area contributed by atoms with Crippen molar-refractivity contribution in [1.29, 1.82) is 0 Å². The molecule has 0 atom stereocenters. The summed E-state index contributed by atoms with van der Waals surface area (Å²) in [5.74, 6) is -1.48. The van der Waals surface area contributed by atoms with Crippen LogP contribution in [0.1, 0.15) is 27.6 Å². The molecule has 8 heteroatoms. The molecule has 0 saturated carbocycles. The average Bonchev–Trinajstić information content (AvgIpc) is 2.65. The monoisotopic (exact) mass is 375 g/mol. The Bertz CT molecular complexity index is 1200. The molecule has 1 aliphatic rings. The van der Waals surface area contributed by atoms with Gasteiger partial charge in [0.25, 0.3) is 17.5 Å². The van der Waals surface area contributed by atoms with E-state index in [0.717, 1.165) is 4.90 Å². The summed E-state index contributed by atoms with van der Waals surface area (Å²) >= 11 is 0. The second-order valence-corrected chi connectivity index (χ2v) is 6.33. The highest BCUT2D eigenvalue weighted by atomic mass is 16.6. The van der Waals surface area contributed by atoms with Crippen molar-refractivity contribution in [1.82, 2.24) is 0 Å². The Balaban J connectivity index is 1.91. The topological polar surface area (TPSA) is 110 Å². The molecule has 1 aliphatic heterocycles. The van der Waals surface area contributed by atoms with Crippen molar-refractivity contribution >= 4 is 45.6 Å². The predicted octanol–water partition coefficient (Wildman–Crippen LogP) is 3.51. The minimum absolute atomic E-state index is 0.0873. The summed E-state index contributed by atoms with van der Waals surface area (Å²) in [6.07, 6.45) is 0. The highest BCUT2D eigenvalue weighted by molar-refractivity contribution is 6.36. The first-order valence-electron chi connectivity index (χ1n) is 8.34. The van der Waals surface area contributed by atoms with Gasteiger partial charge in [0.15, 0.2) is 0 Å². The molecule has 1 N–H and O–H groups in total. The number of hydrogen-bond donors (Lipinski definition) is 1. The van der Waals surface area contributed by atoms with Gasteiger partial charge in [0, 0.05) is 35.7 Å². The van der Waals surface area contributed by atoms with Gasteiger partial charge in [-0.3, -0.25) is 24.5 Å². The van der Waals surface area contributed by atoms with Gasteiger partial charge in [-0.15, -0.1) is 0 Å². The number of nitro benzene ring substituents is 1. The summed E-state index contributed by atoms with van der Waals surface area (Å²) in [6.45, 7) is 1.35. The molecule has 0 saturated heterocycles. The van der Waals surface area contributed by atoms with Crippen LogP contribution in [0.3, 0.4) is 0 Å². The number of imide groups is 1. The van der Waals surface area contributed by atoms with Crippen molar-refractivity contribution in [2.75, 3.05) is 10.2 Å². The Kier molecular flexibility index (Phi) is 3.89. The third-order valence-corrected chi connectivity index (χ3v) is 4.46. The van der Waals surface area contributed by atoms with Crippen molar-refractivity contribution in [3.05, 3.63) is 75.8 Å². The van der Waals surface area contributed by atoms with Gasteiger partial charge in [0.05, 0.1) is 16.2 Å². The number of anilines is 2. The maximum absolute atomic E-state index is 13.1. The summed E-state index contributed by atoms with van der Waals surface area (Å²) in [6, 6.07) is 13.6. The van der Waals surface area contributed by atoms with E-state index in [4.69, 9.17) is 0 Å². The van der Waals surface area contributed by atoms with Crippen LogP contribution in [-0.4, -0.2) is 22.6 Å². The Morgan fingerprint density at radius 1 is 1.00 bits per heavy atom. The van der Waals surface area contributed by atoms with Gasteiger partial charge < -0.3 is 5.32 Å². The molecule has 8 nitrogen and oxygen atoms in total. The summed E-state index contributed by atoms with van der Waals surface area (Å²) in [5.41, 5.74) is 0.828. The largest absolute Gasteiger partial charge is 0.326 e. The maximum atomic E-state index is 13.1. The minimum atomic E-state index is -0.655. The second kappa shape index (κ2) is 6.27. The zero-order valence-corrected chi connectivity index (χ0v) is 14.6. The number of hydrogen-bond acceptors (Lipinski definition) is 5. The Morgan fingerprint density at radius 2 is 1.71 bits per heavy atom. The molecule has 138 valence electrons. The van der Waals surface area contributed by atoms with Gasteiger partial charge >= 0.3 is 0 Å². The van der Waals surface area contributed by atoms with Crippen LogP contribution in [0.25, 0.3) is 10.8 Å². The maximum Gasteiger partial charge on any atom is 0.270 e. The zero-order chi connectivity index (χ0) is 20.0. The molecule has 28 heavy (non-hydrogen) atoms. The van der Waals surface area contributed by atoms with Gasteiger partial charge in [0.1, 0.15) is 0 Å². The zero-order valence-electron chi connectivity index (χ0n) is 14.6. The second-order valence-electron chi connectivity index (χ2n) is 6.33. The molecule has 3 amide bonds. The summed E-state index contributed by atoms with van der Waals surface area (Å²) < 4.78 is 0. The van der Waals surface area contributed by atoms with Gasteiger partial charge in [-0.05, 0) is 29.7 Å². The number of nitrogens with one attached hydrogen (secondary N) is 1. The van der Waals surface area contributed by atoms with Gasteiger partial charge in [-0.2, -0.15) is 0 Å². The van der Waals surface area contributed by atoms with Crippen molar-refractivity contribution in [3.63, 3.8) is 0 Å². The van der Waals surface area contributed by atoms with Crippen molar-refractivity contribution in [2.24, 2.45) is 0 Å². The lowest BCUT2D eigenvalue weighted by molar-refractivity contribution is -0.384. The van der Waals surface area contributed by atoms with Crippen LogP contribution in [0.15, 0.2) is 54.6 Å². The summed E-state index contributed by atoms with van der Waals surface area (Å²) in [5, 5.41) is 14.7. The number of carbonyl (C=O) groups excluding carboxylic acids is 3. The molecule has 0 radical (unpaired) electrons. The number of nitrogens with zero attached hydrogens (tertiary/aromatic N) is 2. The van der Waals surface area contributed by atoms with E-state index < -0.39 is 16.7 Å². The predicted molar refractivity (Wildman–Crippen MR) is 102 cm³/mol. The quantitative estimate of drug-likeness (QED) is 0.428. The van der Waals surface area contributed by atoms with Crippen LogP contribution in [-0.2, 0) is 4.79 Å². The van der Waals surface area contributed by atoms with Crippen LogP contribution >= 0.6 is 0 Å². The molecular formula is C20H13N3O5. The summed E-state index contributed by atoms with van der Waals surface area (Å²) in [7, 11) is 0. The fourth-order valence-electron chi connectivity index (χ4n) is 3.36. The normalized spacial score (nSPS) is 13.0. The first-order chi connectivity index (χ1) is 13.4. The highest BCUT2D eigenvalue weighted by Crippen LogP contribution is 2.35. The van der Waals surface area contributed by atoms with Crippen molar-refractivity contribution < 1.29 is 19.3 Å². The lowest BCUT2D eigenvalue weighted by Crippen LogP contribution is -2.40. The van der Waals surface area contributed by atoms with Crippen LogP contribution < -0.4 is 10.2 Å². The van der Waals surface area contributed by atoms with E-state index in [-0.39, 0.29) is 28.4 Å². The molecule has 0 aromatic heterocycles. The molecule has 0 aliphatic carbocycles. The summed E-state index contributed by atoms with van der Waals surface area (Å²) in [4.78, 5) is 49.1. The number of carbonyl (C=O) groups is 3. The van der Waals surface area contributed by atoms with Crippen LogP contribution in [0.2, 0.25) is 0 Å². The fourth-order valence-corrected chi connectivity index (χ4v) is 3.36. The van der Waals surface area contributed by atoms with E-state index in [1.54, 1.807) is 36.4 Å². The van der Waals surface area contributed by atoms with Gasteiger partial charge in [-0.1, -0.05) is 18.2 Å². The Labute approximate surface area is 158 Å². The van der Waals surface area contributed by atoms with Gasteiger partial charge in [0.2, 0.25) is 5.91 Å². The van der Waals surface area contributed by atoms with Gasteiger partial charge in [-0.25, -0.2) is 4.90 Å².